The Kier molecular flexibility index (Phi) is 2.75. The van der Waals surface area contributed by atoms with Crippen LogP contribution in [0, 0.1) is 0 Å². The van der Waals surface area contributed by atoms with Gasteiger partial charge in [0.15, 0.2) is 0 Å². The lowest BCUT2D eigenvalue weighted by Gasteiger charge is -2.12. The second kappa shape index (κ2) is 3.77. The van der Waals surface area contributed by atoms with E-state index < -0.39 is 10.0 Å². The summed E-state index contributed by atoms with van der Waals surface area (Å²) in [5, 5.41) is 0.325. The highest BCUT2D eigenvalue weighted by Gasteiger charge is 2.35. The first-order valence-corrected chi connectivity index (χ1v) is 6.66. The topological polar surface area (TPSA) is 37.4 Å². The smallest absolute Gasteiger partial charge is 0.207 e. The molecular formula is C10H12ClNO2S. The van der Waals surface area contributed by atoms with Crippen LogP contribution in [0.25, 0.3) is 0 Å². The van der Waals surface area contributed by atoms with E-state index in [1.807, 2.05) is 13.0 Å². The molecule has 0 saturated carbocycles. The Morgan fingerprint density at radius 1 is 1.47 bits per heavy atom. The Morgan fingerprint density at radius 3 is 2.80 bits per heavy atom. The van der Waals surface area contributed by atoms with E-state index in [1.165, 1.54) is 4.31 Å². The van der Waals surface area contributed by atoms with Crippen molar-refractivity contribution >= 4 is 21.6 Å². The molecule has 0 atom stereocenters. The third kappa shape index (κ3) is 1.67. The Labute approximate surface area is 94.7 Å². The van der Waals surface area contributed by atoms with Gasteiger partial charge in [-0.3, -0.25) is 0 Å². The summed E-state index contributed by atoms with van der Waals surface area (Å²) in [6.45, 7) is 2.96. The quantitative estimate of drug-likeness (QED) is 0.802. The molecule has 3 nitrogen and oxygen atoms in total. The van der Waals surface area contributed by atoms with E-state index in [0.29, 0.717) is 23.0 Å². The van der Waals surface area contributed by atoms with Gasteiger partial charge in [0.25, 0.3) is 0 Å². The van der Waals surface area contributed by atoms with Crippen LogP contribution in [0.1, 0.15) is 18.9 Å². The van der Waals surface area contributed by atoms with Crippen LogP contribution in [0.15, 0.2) is 23.1 Å². The fourth-order valence-electron chi connectivity index (χ4n) is 1.82. The van der Waals surface area contributed by atoms with E-state index in [9.17, 15) is 8.42 Å². The highest BCUT2D eigenvalue weighted by molar-refractivity contribution is 7.89. The van der Waals surface area contributed by atoms with Crippen molar-refractivity contribution in [1.29, 1.82) is 0 Å². The van der Waals surface area contributed by atoms with Crippen molar-refractivity contribution < 1.29 is 8.42 Å². The van der Waals surface area contributed by atoms with Crippen molar-refractivity contribution in [3.8, 4) is 0 Å². The molecule has 15 heavy (non-hydrogen) atoms. The molecule has 0 saturated heterocycles. The predicted molar refractivity (Wildman–Crippen MR) is 59.3 cm³/mol. The van der Waals surface area contributed by atoms with Crippen LogP contribution in [0.2, 0.25) is 5.02 Å². The third-order valence-electron chi connectivity index (χ3n) is 2.47. The molecule has 0 bridgehead atoms. The number of hydrogen-bond donors (Lipinski definition) is 0. The Hall–Kier alpha value is -0.580. The van der Waals surface area contributed by atoms with Crippen LogP contribution in [-0.4, -0.2) is 19.3 Å². The lowest BCUT2D eigenvalue weighted by molar-refractivity contribution is 0.424. The first kappa shape index (κ1) is 10.9. The van der Waals surface area contributed by atoms with Gasteiger partial charge >= 0.3 is 0 Å². The zero-order chi connectivity index (χ0) is 11.1. The van der Waals surface area contributed by atoms with Crippen molar-refractivity contribution in [3.05, 3.63) is 28.8 Å². The minimum Gasteiger partial charge on any atom is -0.207 e. The summed E-state index contributed by atoms with van der Waals surface area (Å²) in [7, 11) is -3.34. The summed E-state index contributed by atoms with van der Waals surface area (Å²) < 4.78 is 25.5. The van der Waals surface area contributed by atoms with E-state index in [1.54, 1.807) is 12.1 Å². The molecule has 1 aromatic carbocycles. The fraction of sp³-hybridized carbons (Fsp3) is 0.400. The average molecular weight is 246 g/mol. The van der Waals surface area contributed by atoms with Crippen molar-refractivity contribution in [2.24, 2.45) is 0 Å². The maximum atomic E-state index is 12.0. The fourth-order valence-corrected chi connectivity index (χ4v) is 4.07. The Morgan fingerprint density at radius 2 is 2.20 bits per heavy atom. The molecule has 0 N–H and O–H groups in total. The minimum absolute atomic E-state index is 0.292. The number of nitrogens with zero attached hydrogens (tertiary/aromatic N) is 1. The van der Waals surface area contributed by atoms with Gasteiger partial charge in [0.1, 0.15) is 4.90 Å². The third-order valence-corrected chi connectivity index (χ3v) is 4.88. The van der Waals surface area contributed by atoms with Crippen LogP contribution in [0.4, 0.5) is 0 Å². The molecule has 0 spiro atoms. The van der Waals surface area contributed by atoms with Crippen molar-refractivity contribution in [1.82, 2.24) is 4.31 Å². The van der Waals surface area contributed by atoms with Crippen LogP contribution in [0.5, 0.6) is 0 Å². The highest BCUT2D eigenvalue weighted by Crippen LogP contribution is 2.35. The van der Waals surface area contributed by atoms with Gasteiger partial charge < -0.3 is 0 Å². The predicted octanol–water partition coefficient (Wildman–Crippen LogP) is 2.25. The normalized spacial score (nSPS) is 19.1. The van der Waals surface area contributed by atoms with Gasteiger partial charge in [-0.05, 0) is 18.1 Å². The number of hydrogen-bond acceptors (Lipinski definition) is 2. The second-order valence-corrected chi connectivity index (χ2v) is 5.85. The lowest BCUT2D eigenvalue weighted by atomic mass is 10.2. The number of sulfonamides is 1. The summed E-state index contributed by atoms with van der Waals surface area (Å²) in [6, 6.07) is 5.22. The van der Waals surface area contributed by atoms with Crippen LogP contribution in [0.3, 0.4) is 0 Å². The molecule has 0 radical (unpaired) electrons. The Balaban J connectivity index is 2.54. The molecular weight excluding hydrogens is 234 g/mol. The lowest BCUT2D eigenvalue weighted by Crippen LogP contribution is -2.25. The SMILES string of the molecule is CCCN1Cc2cccc(Cl)c2S1(=O)=O. The highest BCUT2D eigenvalue weighted by atomic mass is 35.5. The molecule has 1 heterocycles. The summed E-state index contributed by atoms with van der Waals surface area (Å²) in [5.41, 5.74) is 0.802. The maximum absolute atomic E-state index is 12.0. The molecule has 1 aliphatic heterocycles. The zero-order valence-electron chi connectivity index (χ0n) is 8.40. The monoisotopic (exact) mass is 245 g/mol. The molecule has 1 aromatic rings. The van der Waals surface area contributed by atoms with Gasteiger partial charge in [-0.25, -0.2) is 8.42 Å². The average Bonchev–Trinajstić information content (AvgIpc) is 2.40. The molecule has 0 fully saturated rings. The van der Waals surface area contributed by atoms with E-state index in [2.05, 4.69) is 0 Å². The van der Waals surface area contributed by atoms with Gasteiger partial charge in [0.2, 0.25) is 10.0 Å². The second-order valence-electron chi connectivity index (χ2n) is 3.57. The molecule has 0 aromatic heterocycles. The molecule has 82 valence electrons. The van der Waals surface area contributed by atoms with Gasteiger partial charge in [0.05, 0.1) is 5.02 Å². The molecule has 0 unspecified atom stereocenters. The maximum Gasteiger partial charge on any atom is 0.245 e. The molecule has 0 amide bonds. The summed E-state index contributed by atoms with van der Waals surface area (Å²) >= 11 is 5.91. The first-order chi connectivity index (χ1) is 7.07. The van der Waals surface area contributed by atoms with Crippen LogP contribution >= 0.6 is 11.6 Å². The number of halogens is 1. The Bertz CT molecular complexity index is 484. The minimum atomic E-state index is -3.34. The molecule has 5 heteroatoms. The largest absolute Gasteiger partial charge is 0.245 e. The van der Waals surface area contributed by atoms with Crippen molar-refractivity contribution in [2.75, 3.05) is 6.54 Å². The standard InChI is InChI=1S/C10H12ClNO2S/c1-2-6-12-7-8-4-3-5-9(11)10(8)15(12,13)14/h3-5H,2,6-7H2,1H3. The zero-order valence-corrected chi connectivity index (χ0v) is 9.98. The van der Waals surface area contributed by atoms with E-state index in [-0.39, 0.29) is 0 Å². The molecule has 2 rings (SSSR count). The van der Waals surface area contributed by atoms with Crippen LogP contribution in [-0.2, 0) is 16.6 Å². The van der Waals surface area contributed by atoms with Crippen molar-refractivity contribution in [2.45, 2.75) is 24.8 Å². The van der Waals surface area contributed by atoms with E-state index in [0.717, 1.165) is 12.0 Å². The van der Waals surface area contributed by atoms with Gasteiger partial charge in [0, 0.05) is 13.1 Å². The number of benzene rings is 1. The molecule has 1 aliphatic rings. The van der Waals surface area contributed by atoms with Gasteiger partial charge in [-0.15, -0.1) is 0 Å². The van der Waals surface area contributed by atoms with E-state index in [4.69, 9.17) is 11.6 Å². The van der Waals surface area contributed by atoms with Gasteiger partial charge in [-0.1, -0.05) is 30.7 Å². The van der Waals surface area contributed by atoms with Gasteiger partial charge in [-0.2, -0.15) is 4.31 Å². The number of rotatable bonds is 2. The summed E-state index contributed by atoms with van der Waals surface area (Å²) in [6.07, 6.45) is 0.810. The number of fused-ring (bicyclic) bond motifs is 1. The van der Waals surface area contributed by atoms with Crippen molar-refractivity contribution in [3.63, 3.8) is 0 Å². The summed E-state index contributed by atoms with van der Waals surface area (Å²) in [5.74, 6) is 0. The first-order valence-electron chi connectivity index (χ1n) is 4.85. The van der Waals surface area contributed by atoms with Crippen LogP contribution < -0.4 is 0 Å². The molecule has 0 aliphatic carbocycles. The summed E-state index contributed by atoms with van der Waals surface area (Å²) in [4.78, 5) is 0.292. The van der Waals surface area contributed by atoms with E-state index >= 15 is 0 Å².